The van der Waals surface area contributed by atoms with E-state index >= 15 is 0 Å². The molecule has 4 nitrogen and oxygen atoms in total. The summed E-state index contributed by atoms with van der Waals surface area (Å²) in [6.45, 7) is 3.21. The first-order chi connectivity index (χ1) is 10.2. The summed E-state index contributed by atoms with van der Waals surface area (Å²) in [5.41, 5.74) is 0. The van der Waals surface area contributed by atoms with Crippen LogP contribution in [-0.2, 0) is 4.79 Å². The van der Waals surface area contributed by atoms with Gasteiger partial charge < -0.3 is 15.3 Å². The zero-order chi connectivity index (χ0) is 15.3. The molecule has 2 N–H and O–H groups in total. The highest BCUT2D eigenvalue weighted by molar-refractivity contribution is 5.75. The molecule has 1 heterocycles. The number of carbonyl (C=O) groups excluding carboxylic acids is 1. The second-order valence-electron chi connectivity index (χ2n) is 6.35. The lowest BCUT2D eigenvalue weighted by atomic mass is 10.0. The SMILES string of the molecule is CNC(=O)CCCCCCCCC(O)CN1CCCCC1. The Kier molecular flexibility index (Phi) is 10.5. The molecule has 0 saturated carbocycles. The van der Waals surface area contributed by atoms with Crippen molar-refractivity contribution in [2.45, 2.75) is 76.7 Å². The van der Waals surface area contributed by atoms with E-state index in [1.165, 1.54) is 51.6 Å². The molecule has 0 aromatic rings. The zero-order valence-corrected chi connectivity index (χ0v) is 13.8. The van der Waals surface area contributed by atoms with E-state index in [0.717, 1.165) is 32.2 Å². The Morgan fingerprint density at radius 2 is 1.67 bits per heavy atom. The number of β-amino-alcohol motifs (C(OH)–C–C–N with tert-alkyl or cyclic N) is 1. The molecule has 0 aliphatic carbocycles. The Bertz CT molecular complexity index is 266. The van der Waals surface area contributed by atoms with Crippen molar-refractivity contribution >= 4 is 5.91 Å². The van der Waals surface area contributed by atoms with E-state index in [2.05, 4.69) is 10.2 Å². The van der Waals surface area contributed by atoms with Crippen LogP contribution >= 0.6 is 0 Å². The summed E-state index contributed by atoms with van der Waals surface area (Å²) in [5, 5.41) is 12.7. The Balaban J connectivity index is 1.85. The third-order valence-corrected chi connectivity index (χ3v) is 4.39. The van der Waals surface area contributed by atoms with Crippen molar-refractivity contribution in [1.82, 2.24) is 10.2 Å². The van der Waals surface area contributed by atoms with Gasteiger partial charge in [0, 0.05) is 20.0 Å². The van der Waals surface area contributed by atoms with E-state index in [-0.39, 0.29) is 12.0 Å². The molecule has 1 atom stereocenters. The summed E-state index contributed by atoms with van der Waals surface area (Å²) >= 11 is 0. The van der Waals surface area contributed by atoms with Crippen LogP contribution in [0.1, 0.15) is 70.6 Å². The first kappa shape index (κ1) is 18.4. The monoisotopic (exact) mass is 298 g/mol. The van der Waals surface area contributed by atoms with Gasteiger partial charge in [0.15, 0.2) is 0 Å². The van der Waals surface area contributed by atoms with Crippen molar-refractivity contribution in [3.8, 4) is 0 Å². The smallest absolute Gasteiger partial charge is 0.219 e. The number of likely N-dealkylation sites (tertiary alicyclic amines) is 1. The zero-order valence-electron chi connectivity index (χ0n) is 13.8. The highest BCUT2D eigenvalue weighted by atomic mass is 16.3. The molecule has 0 spiro atoms. The van der Waals surface area contributed by atoms with Gasteiger partial charge in [-0.2, -0.15) is 0 Å². The number of aliphatic hydroxyl groups excluding tert-OH is 1. The quantitative estimate of drug-likeness (QED) is 0.577. The lowest BCUT2D eigenvalue weighted by Gasteiger charge is -2.28. The fourth-order valence-corrected chi connectivity index (χ4v) is 3.03. The second kappa shape index (κ2) is 12.0. The third kappa shape index (κ3) is 9.86. The molecular formula is C17H34N2O2. The van der Waals surface area contributed by atoms with E-state index in [0.29, 0.717) is 6.42 Å². The molecule has 0 aromatic carbocycles. The molecule has 1 aliphatic heterocycles. The van der Waals surface area contributed by atoms with Gasteiger partial charge >= 0.3 is 0 Å². The van der Waals surface area contributed by atoms with Crippen LogP contribution in [0.2, 0.25) is 0 Å². The van der Waals surface area contributed by atoms with Gasteiger partial charge in [-0.3, -0.25) is 4.79 Å². The van der Waals surface area contributed by atoms with Gasteiger partial charge in [0.1, 0.15) is 0 Å². The fraction of sp³-hybridized carbons (Fsp3) is 0.941. The van der Waals surface area contributed by atoms with E-state index < -0.39 is 0 Å². The van der Waals surface area contributed by atoms with Crippen LogP contribution in [0.5, 0.6) is 0 Å². The Hall–Kier alpha value is -0.610. The summed E-state index contributed by atoms with van der Waals surface area (Å²) in [7, 11) is 1.69. The minimum atomic E-state index is -0.142. The molecule has 124 valence electrons. The average molecular weight is 298 g/mol. The number of hydrogen-bond donors (Lipinski definition) is 2. The lowest BCUT2D eigenvalue weighted by molar-refractivity contribution is -0.120. The van der Waals surface area contributed by atoms with E-state index in [9.17, 15) is 9.90 Å². The van der Waals surface area contributed by atoms with Crippen molar-refractivity contribution in [1.29, 1.82) is 0 Å². The van der Waals surface area contributed by atoms with Crippen molar-refractivity contribution in [2.24, 2.45) is 0 Å². The number of hydrogen-bond acceptors (Lipinski definition) is 3. The molecular weight excluding hydrogens is 264 g/mol. The molecule has 1 aliphatic rings. The number of aliphatic hydroxyl groups is 1. The first-order valence-corrected chi connectivity index (χ1v) is 8.83. The Morgan fingerprint density at radius 1 is 1.05 bits per heavy atom. The van der Waals surface area contributed by atoms with Gasteiger partial charge in [0.25, 0.3) is 0 Å². The maximum absolute atomic E-state index is 11.0. The summed E-state index contributed by atoms with van der Waals surface area (Å²) in [4.78, 5) is 13.5. The summed E-state index contributed by atoms with van der Waals surface area (Å²) in [6.07, 6.45) is 12.3. The Labute approximate surface area is 130 Å². The number of nitrogens with one attached hydrogen (secondary N) is 1. The standard InChI is InChI=1S/C17H34N2O2/c1-18-17(21)12-8-5-3-2-4-7-11-16(20)15-19-13-9-6-10-14-19/h16,20H,2-15H2,1H3,(H,18,21). The number of carbonyl (C=O) groups is 1. The molecule has 1 unspecified atom stereocenters. The number of nitrogens with zero attached hydrogens (tertiary/aromatic N) is 1. The van der Waals surface area contributed by atoms with Gasteiger partial charge in [-0.05, 0) is 38.8 Å². The molecule has 1 fully saturated rings. The summed E-state index contributed by atoms with van der Waals surface area (Å²) in [6, 6.07) is 0. The highest BCUT2D eigenvalue weighted by Gasteiger charge is 2.13. The van der Waals surface area contributed by atoms with Crippen LogP contribution in [0, 0.1) is 0 Å². The van der Waals surface area contributed by atoms with Crippen LogP contribution < -0.4 is 5.32 Å². The molecule has 4 heteroatoms. The van der Waals surface area contributed by atoms with Crippen molar-refractivity contribution in [3.63, 3.8) is 0 Å². The number of piperidine rings is 1. The van der Waals surface area contributed by atoms with Gasteiger partial charge in [-0.15, -0.1) is 0 Å². The van der Waals surface area contributed by atoms with Crippen LogP contribution in [0.3, 0.4) is 0 Å². The van der Waals surface area contributed by atoms with Crippen molar-refractivity contribution < 1.29 is 9.90 Å². The lowest BCUT2D eigenvalue weighted by Crippen LogP contribution is -2.36. The maximum Gasteiger partial charge on any atom is 0.219 e. The van der Waals surface area contributed by atoms with Gasteiger partial charge in [0.05, 0.1) is 6.10 Å². The molecule has 1 amide bonds. The van der Waals surface area contributed by atoms with Gasteiger partial charge in [-0.25, -0.2) is 0 Å². The number of rotatable bonds is 11. The number of unbranched alkanes of at least 4 members (excludes halogenated alkanes) is 5. The van der Waals surface area contributed by atoms with Crippen LogP contribution in [0.4, 0.5) is 0 Å². The molecule has 1 saturated heterocycles. The maximum atomic E-state index is 11.0. The molecule has 21 heavy (non-hydrogen) atoms. The predicted octanol–water partition coefficient (Wildman–Crippen LogP) is 2.70. The molecule has 0 aromatic heterocycles. The average Bonchev–Trinajstić information content (AvgIpc) is 2.50. The predicted molar refractivity (Wildman–Crippen MR) is 87.3 cm³/mol. The molecule has 0 bridgehead atoms. The minimum absolute atomic E-state index is 0.142. The van der Waals surface area contributed by atoms with E-state index in [1.54, 1.807) is 7.05 Å². The molecule has 1 rings (SSSR count). The first-order valence-electron chi connectivity index (χ1n) is 8.83. The largest absolute Gasteiger partial charge is 0.392 e. The van der Waals surface area contributed by atoms with Crippen LogP contribution in [-0.4, -0.2) is 48.7 Å². The second-order valence-corrected chi connectivity index (χ2v) is 6.35. The fourth-order valence-electron chi connectivity index (χ4n) is 3.03. The highest BCUT2D eigenvalue weighted by Crippen LogP contribution is 2.13. The van der Waals surface area contributed by atoms with Crippen LogP contribution in [0.15, 0.2) is 0 Å². The molecule has 0 radical (unpaired) electrons. The summed E-state index contributed by atoms with van der Waals surface area (Å²) in [5.74, 6) is 0.149. The third-order valence-electron chi connectivity index (χ3n) is 4.39. The number of amides is 1. The normalized spacial score (nSPS) is 17.6. The topological polar surface area (TPSA) is 52.6 Å². The van der Waals surface area contributed by atoms with Gasteiger partial charge in [0.2, 0.25) is 5.91 Å². The van der Waals surface area contributed by atoms with E-state index in [1.807, 2.05) is 0 Å². The minimum Gasteiger partial charge on any atom is -0.392 e. The van der Waals surface area contributed by atoms with Gasteiger partial charge in [-0.1, -0.05) is 38.5 Å². The van der Waals surface area contributed by atoms with Crippen LogP contribution in [0.25, 0.3) is 0 Å². The summed E-state index contributed by atoms with van der Waals surface area (Å²) < 4.78 is 0. The van der Waals surface area contributed by atoms with E-state index in [4.69, 9.17) is 0 Å². The van der Waals surface area contributed by atoms with Crippen molar-refractivity contribution in [2.75, 3.05) is 26.7 Å². The Morgan fingerprint density at radius 3 is 2.33 bits per heavy atom. The van der Waals surface area contributed by atoms with Crippen molar-refractivity contribution in [3.05, 3.63) is 0 Å².